The smallest absolute Gasteiger partial charge is 0.365 e. The SMILES string of the molecule is COCN(C)C=CNC=CN(COP(=O)(O)O)COP(=O)(O)O. The summed E-state index contributed by atoms with van der Waals surface area (Å²) in [6.07, 6.45) is 5.74. The number of phosphoric acid groups is 2. The molecule has 136 valence electrons. The quantitative estimate of drug-likeness (QED) is 0.219. The Morgan fingerprint density at radius 2 is 1.43 bits per heavy atom. The Labute approximate surface area is 133 Å². The molecule has 0 bridgehead atoms. The molecule has 0 rings (SSSR count). The van der Waals surface area contributed by atoms with Crippen molar-refractivity contribution in [1.29, 1.82) is 0 Å². The van der Waals surface area contributed by atoms with Gasteiger partial charge in [0.25, 0.3) is 0 Å². The van der Waals surface area contributed by atoms with E-state index in [9.17, 15) is 9.13 Å². The average Bonchev–Trinajstić information content (AvgIpc) is 2.38. The van der Waals surface area contributed by atoms with Gasteiger partial charge >= 0.3 is 15.6 Å². The molecule has 23 heavy (non-hydrogen) atoms. The highest BCUT2D eigenvalue weighted by Gasteiger charge is 2.18. The molecule has 0 aromatic heterocycles. The first-order chi connectivity index (χ1) is 10.5. The van der Waals surface area contributed by atoms with Gasteiger partial charge in [-0.25, -0.2) is 9.13 Å². The van der Waals surface area contributed by atoms with Crippen LogP contribution in [0.25, 0.3) is 0 Å². The monoisotopic (exact) mass is 377 g/mol. The van der Waals surface area contributed by atoms with Crippen LogP contribution in [0.5, 0.6) is 0 Å². The lowest BCUT2D eigenvalue weighted by atomic mass is 10.7. The third-order valence-electron chi connectivity index (χ3n) is 1.92. The molecule has 0 aliphatic heterocycles. The molecular formula is C9H21N3O9P2. The third kappa shape index (κ3) is 15.7. The molecule has 0 heterocycles. The van der Waals surface area contributed by atoms with E-state index in [1.165, 1.54) is 25.7 Å². The molecular weight excluding hydrogens is 356 g/mol. The van der Waals surface area contributed by atoms with Crippen LogP contribution in [0.4, 0.5) is 0 Å². The van der Waals surface area contributed by atoms with E-state index in [4.69, 9.17) is 24.3 Å². The average molecular weight is 377 g/mol. The van der Waals surface area contributed by atoms with Gasteiger partial charge in [-0.1, -0.05) is 0 Å². The van der Waals surface area contributed by atoms with Gasteiger partial charge in [-0.3, -0.25) is 9.05 Å². The summed E-state index contributed by atoms with van der Waals surface area (Å²) in [6.45, 7) is -0.911. The molecule has 0 spiro atoms. The maximum Gasteiger partial charge on any atom is 0.471 e. The number of ether oxygens (including phenoxy) is 1. The van der Waals surface area contributed by atoms with Crippen molar-refractivity contribution in [2.24, 2.45) is 0 Å². The predicted octanol–water partition coefficient (Wildman–Crippen LogP) is -0.510. The topological polar surface area (TPSA) is 161 Å². The second kappa shape index (κ2) is 10.8. The number of methoxy groups -OCH3 is 1. The van der Waals surface area contributed by atoms with Crippen LogP contribution in [0.3, 0.4) is 0 Å². The summed E-state index contributed by atoms with van der Waals surface area (Å²) in [6, 6.07) is 0. The maximum absolute atomic E-state index is 10.6. The van der Waals surface area contributed by atoms with Crippen molar-refractivity contribution in [3.63, 3.8) is 0 Å². The molecule has 0 aliphatic carbocycles. The van der Waals surface area contributed by atoms with Crippen LogP contribution in [-0.4, -0.2) is 63.7 Å². The van der Waals surface area contributed by atoms with Gasteiger partial charge in [0.05, 0.1) is 0 Å². The maximum atomic E-state index is 10.6. The van der Waals surface area contributed by atoms with Crippen LogP contribution < -0.4 is 5.32 Å². The van der Waals surface area contributed by atoms with Gasteiger partial charge in [0.1, 0.15) is 20.2 Å². The van der Waals surface area contributed by atoms with Crippen molar-refractivity contribution < 1.29 is 42.5 Å². The summed E-state index contributed by atoms with van der Waals surface area (Å²) < 4.78 is 34.6. The highest BCUT2D eigenvalue weighted by Crippen LogP contribution is 2.37. The number of nitrogens with zero attached hydrogens (tertiary/aromatic N) is 2. The normalized spacial score (nSPS) is 13.0. The van der Waals surface area contributed by atoms with E-state index in [0.29, 0.717) is 6.73 Å². The second-order valence-corrected chi connectivity index (χ2v) is 6.54. The number of hydrogen-bond acceptors (Lipinski definition) is 8. The summed E-state index contributed by atoms with van der Waals surface area (Å²) in [4.78, 5) is 37.2. The first kappa shape index (κ1) is 22.1. The minimum absolute atomic E-state index is 0.375. The van der Waals surface area contributed by atoms with Crippen LogP contribution in [0.1, 0.15) is 0 Å². The zero-order chi connectivity index (χ0) is 17.9. The molecule has 5 N–H and O–H groups in total. The fraction of sp³-hybridized carbons (Fsp3) is 0.556. The number of rotatable bonds is 12. The second-order valence-electron chi connectivity index (χ2n) is 4.06. The Morgan fingerprint density at radius 1 is 0.957 bits per heavy atom. The number of nitrogens with one attached hydrogen (secondary N) is 1. The van der Waals surface area contributed by atoms with Gasteiger partial charge in [-0.2, -0.15) is 0 Å². The lowest BCUT2D eigenvalue weighted by Gasteiger charge is -2.20. The van der Waals surface area contributed by atoms with Gasteiger partial charge in [-0.05, 0) is 0 Å². The van der Waals surface area contributed by atoms with Crippen LogP contribution in [-0.2, 0) is 22.9 Å². The van der Waals surface area contributed by atoms with E-state index in [1.54, 1.807) is 18.1 Å². The van der Waals surface area contributed by atoms with Gasteiger partial charge in [0, 0.05) is 39.0 Å². The minimum Gasteiger partial charge on any atom is -0.365 e. The summed E-state index contributed by atoms with van der Waals surface area (Å²) in [5.41, 5.74) is 0. The Balaban J connectivity index is 4.46. The van der Waals surface area contributed by atoms with Gasteiger partial charge < -0.3 is 39.4 Å². The molecule has 0 unspecified atom stereocenters. The molecule has 0 atom stereocenters. The lowest BCUT2D eigenvalue weighted by molar-refractivity contribution is 0.0570. The lowest BCUT2D eigenvalue weighted by Crippen LogP contribution is -2.23. The summed E-state index contributed by atoms with van der Waals surface area (Å²) in [5.74, 6) is 0. The van der Waals surface area contributed by atoms with E-state index in [-0.39, 0.29) is 0 Å². The van der Waals surface area contributed by atoms with Crippen LogP contribution in [0.15, 0.2) is 24.8 Å². The molecule has 0 aromatic rings. The van der Waals surface area contributed by atoms with Crippen molar-refractivity contribution in [2.75, 3.05) is 34.3 Å². The number of hydrogen-bond donors (Lipinski definition) is 5. The Kier molecular flexibility index (Phi) is 10.3. The van der Waals surface area contributed by atoms with Crippen LogP contribution >= 0.6 is 15.6 Å². The van der Waals surface area contributed by atoms with Gasteiger partial charge in [0.15, 0.2) is 0 Å². The van der Waals surface area contributed by atoms with Crippen molar-refractivity contribution in [3.05, 3.63) is 24.8 Å². The number of phosphoric ester groups is 2. The molecule has 0 saturated carbocycles. The van der Waals surface area contributed by atoms with Gasteiger partial charge in [-0.15, -0.1) is 0 Å². The molecule has 14 heteroatoms. The minimum atomic E-state index is -4.73. The predicted molar refractivity (Wildman–Crippen MR) is 78.9 cm³/mol. The Hall–Kier alpha value is -0.940. The van der Waals surface area contributed by atoms with E-state index >= 15 is 0 Å². The molecule has 0 fully saturated rings. The van der Waals surface area contributed by atoms with Gasteiger partial charge in [0.2, 0.25) is 0 Å². The highest BCUT2D eigenvalue weighted by molar-refractivity contribution is 7.46. The van der Waals surface area contributed by atoms with Crippen molar-refractivity contribution >= 4 is 15.6 Å². The standard InChI is InChI=1S/C9H21N3O9P2/c1-11(7-19-2)5-3-10-4-6-12(8-20-22(13,14)15)9-21-23(16,17)18/h3-6,10H,7-9H2,1-2H3,(H2,13,14,15)(H2,16,17,18). The zero-order valence-corrected chi connectivity index (χ0v) is 14.3. The fourth-order valence-corrected chi connectivity index (χ4v) is 1.64. The molecule has 0 aromatic carbocycles. The molecule has 0 amide bonds. The summed E-state index contributed by atoms with van der Waals surface area (Å²) in [5, 5.41) is 2.70. The Morgan fingerprint density at radius 3 is 1.87 bits per heavy atom. The van der Waals surface area contributed by atoms with Crippen LogP contribution in [0, 0.1) is 0 Å². The third-order valence-corrected chi connectivity index (χ3v) is 2.83. The van der Waals surface area contributed by atoms with Crippen molar-refractivity contribution in [2.45, 2.75) is 0 Å². The van der Waals surface area contributed by atoms with Crippen LogP contribution in [0.2, 0.25) is 0 Å². The first-order valence-electron chi connectivity index (χ1n) is 5.96. The van der Waals surface area contributed by atoms with E-state index in [2.05, 4.69) is 14.4 Å². The largest absolute Gasteiger partial charge is 0.471 e. The van der Waals surface area contributed by atoms with E-state index in [1.807, 2.05) is 0 Å². The summed E-state index contributed by atoms with van der Waals surface area (Å²) >= 11 is 0. The van der Waals surface area contributed by atoms with E-state index < -0.39 is 29.1 Å². The molecule has 0 radical (unpaired) electrons. The summed E-state index contributed by atoms with van der Waals surface area (Å²) in [7, 11) is -6.16. The van der Waals surface area contributed by atoms with Crippen molar-refractivity contribution in [3.8, 4) is 0 Å². The first-order valence-corrected chi connectivity index (χ1v) is 9.02. The highest BCUT2D eigenvalue weighted by atomic mass is 31.2. The Bertz CT molecular complexity index is 449. The fourth-order valence-electron chi connectivity index (χ4n) is 1.04. The van der Waals surface area contributed by atoms with Crippen molar-refractivity contribution in [1.82, 2.24) is 15.1 Å². The molecule has 0 aliphatic rings. The molecule has 0 saturated heterocycles. The zero-order valence-electron chi connectivity index (χ0n) is 12.5. The molecule has 12 nitrogen and oxygen atoms in total. The van der Waals surface area contributed by atoms with E-state index in [0.717, 1.165) is 4.90 Å².